The van der Waals surface area contributed by atoms with E-state index < -0.39 is 9.84 Å². The van der Waals surface area contributed by atoms with Crippen molar-refractivity contribution in [2.75, 3.05) is 26.0 Å². The van der Waals surface area contributed by atoms with Gasteiger partial charge in [-0.15, -0.1) is 0 Å². The quantitative estimate of drug-likeness (QED) is 0.825. The monoisotopic (exact) mass is 339 g/mol. The van der Waals surface area contributed by atoms with E-state index in [2.05, 4.69) is 0 Å². The molecular weight excluding hydrogens is 318 g/mol. The highest BCUT2D eigenvalue weighted by Crippen LogP contribution is 2.29. The average Bonchev–Trinajstić information content (AvgIpc) is 3.00. The topological polar surface area (TPSA) is 72.9 Å². The second kappa shape index (κ2) is 6.49. The summed E-state index contributed by atoms with van der Waals surface area (Å²) >= 11 is 0. The number of morpholine rings is 1. The molecule has 1 saturated heterocycles. The fourth-order valence-corrected chi connectivity index (χ4v) is 3.91. The molecule has 2 atom stereocenters. The van der Waals surface area contributed by atoms with Crippen molar-refractivity contribution < 1.29 is 22.7 Å². The van der Waals surface area contributed by atoms with E-state index in [0.717, 1.165) is 25.5 Å². The number of fused-ring (bicyclic) bond motifs is 1. The first-order valence-corrected chi connectivity index (χ1v) is 9.68. The van der Waals surface area contributed by atoms with Crippen molar-refractivity contribution in [2.24, 2.45) is 0 Å². The van der Waals surface area contributed by atoms with Gasteiger partial charge in [0.05, 0.1) is 23.6 Å². The molecule has 1 heterocycles. The van der Waals surface area contributed by atoms with Crippen LogP contribution in [0.15, 0.2) is 29.2 Å². The Kier molecular flexibility index (Phi) is 4.59. The van der Waals surface area contributed by atoms with Crippen LogP contribution in [-0.2, 0) is 19.4 Å². The lowest BCUT2D eigenvalue weighted by Crippen LogP contribution is -2.52. The minimum atomic E-state index is -3.29. The van der Waals surface area contributed by atoms with Gasteiger partial charge in [-0.25, -0.2) is 8.42 Å². The Morgan fingerprint density at radius 3 is 3.00 bits per heavy atom. The van der Waals surface area contributed by atoms with Crippen LogP contribution < -0.4 is 4.74 Å². The SMILES string of the molecule is CS(=O)(=O)c1cccc(OCC(=O)N2CCO[C@@H]3CCC[C@H]32)c1. The highest BCUT2D eigenvalue weighted by Gasteiger charge is 2.38. The van der Waals surface area contributed by atoms with Gasteiger partial charge in [0.15, 0.2) is 16.4 Å². The normalized spacial score (nSPS) is 24.3. The maximum atomic E-state index is 12.4. The summed E-state index contributed by atoms with van der Waals surface area (Å²) in [5.41, 5.74) is 0. The molecule has 0 aromatic heterocycles. The minimum absolute atomic E-state index is 0.0741. The molecule has 0 unspecified atom stereocenters. The van der Waals surface area contributed by atoms with Gasteiger partial charge < -0.3 is 14.4 Å². The van der Waals surface area contributed by atoms with E-state index in [9.17, 15) is 13.2 Å². The molecule has 23 heavy (non-hydrogen) atoms. The summed E-state index contributed by atoms with van der Waals surface area (Å²) in [6, 6.07) is 6.37. The molecule has 1 aliphatic carbocycles. The van der Waals surface area contributed by atoms with Crippen molar-refractivity contribution in [3.05, 3.63) is 24.3 Å². The first-order valence-electron chi connectivity index (χ1n) is 7.79. The van der Waals surface area contributed by atoms with Crippen LogP contribution in [0, 0.1) is 0 Å². The van der Waals surface area contributed by atoms with E-state index in [1.165, 1.54) is 12.1 Å². The number of amides is 1. The van der Waals surface area contributed by atoms with Crippen molar-refractivity contribution in [3.8, 4) is 5.75 Å². The van der Waals surface area contributed by atoms with Gasteiger partial charge in [-0.2, -0.15) is 0 Å². The van der Waals surface area contributed by atoms with Gasteiger partial charge in [-0.3, -0.25) is 4.79 Å². The Morgan fingerprint density at radius 2 is 2.22 bits per heavy atom. The lowest BCUT2D eigenvalue weighted by Gasteiger charge is -2.37. The summed E-state index contributed by atoms with van der Waals surface area (Å²) in [6.07, 6.45) is 4.36. The number of rotatable bonds is 4. The first-order chi connectivity index (χ1) is 10.9. The number of hydrogen-bond donors (Lipinski definition) is 0. The fraction of sp³-hybridized carbons (Fsp3) is 0.562. The average molecular weight is 339 g/mol. The molecule has 0 radical (unpaired) electrons. The molecule has 2 aliphatic rings. The molecule has 7 heteroatoms. The molecule has 0 spiro atoms. The zero-order valence-electron chi connectivity index (χ0n) is 13.1. The Labute approximate surface area is 136 Å². The van der Waals surface area contributed by atoms with Crippen LogP contribution in [0.3, 0.4) is 0 Å². The number of ether oxygens (including phenoxy) is 2. The van der Waals surface area contributed by atoms with Crippen LogP contribution in [0.1, 0.15) is 19.3 Å². The second-order valence-corrected chi connectivity index (χ2v) is 8.05. The maximum absolute atomic E-state index is 12.4. The lowest BCUT2D eigenvalue weighted by atomic mass is 10.1. The minimum Gasteiger partial charge on any atom is -0.484 e. The Hall–Kier alpha value is -1.60. The zero-order chi connectivity index (χ0) is 16.4. The van der Waals surface area contributed by atoms with Gasteiger partial charge in [-0.05, 0) is 37.5 Å². The molecule has 1 aromatic carbocycles. The Bertz CT molecular complexity index is 687. The smallest absolute Gasteiger partial charge is 0.260 e. The van der Waals surface area contributed by atoms with Gasteiger partial charge in [0, 0.05) is 12.8 Å². The molecule has 6 nitrogen and oxygen atoms in total. The molecular formula is C16H21NO5S. The second-order valence-electron chi connectivity index (χ2n) is 6.03. The van der Waals surface area contributed by atoms with E-state index in [1.54, 1.807) is 12.1 Å². The van der Waals surface area contributed by atoms with Crippen LogP contribution in [0.25, 0.3) is 0 Å². The standard InChI is InChI=1S/C16H21NO5S/c1-23(19,20)13-5-2-4-12(10-13)22-11-16(18)17-8-9-21-15-7-3-6-14(15)17/h2,4-5,10,14-15H,3,6-9,11H2,1H3/t14-,15-/m1/s1. The largest absolute Gasteiger partial charge is 0.484 e. The molecule has 1 amide bonds. The summed E-state index contributed by atoms with van der Waals surface area (Å²) in [7, 11) is -3.29. The van der Waals surface area contributed by atoms with E-state index in [1.807, 2.05) is 4.90 Å². The van der Waals surface area contributed by atoms with E-state index in [0.29, 0.717) is 18.9 Å². The van der Waals surface area contributed by atoms with Crippen molar-refractivity contribution in [1.82, 2.24) is 4.90 Å². The van der Waals surface area contributed by atoms with Crippen LogP contribution in [0.4, 0.5) is 0 Å². The highest BCUT2D eigenvalue weighted by molar-refractivity contribution is 7.90. The third kappa shape index (κ3) is 3.67. The Balaban J connectivity index is 1.63. The van der Waals surface area contributed by atoms with Gasteiger partial charge in [0.25, 0.3) is 5.91 Å². The Morgan fingerprint density at radius 1 is 1.39 bits per heavy atom. The number of sulfone groups is 1. The number of carbonyl (C=O) groups is 1. The molecule has 126 valence electrons. The maximum Gasteiger partial charge on any atom is 0.260 e. The van der Waals surface area contributed by atoms with Crippen LogP contribution in [0.2, 0.25) is 0 Å². The van der Waals surface area contributed by atoms with Crippen molar-refractivity contribution in [3.63, 3.8) is 0 Å². The molecule has 2 fully saturated rings. The highest BCUT2D eigenvalue weighted by atomic mass is 32.2. The summed E-state index contributed by atoms with van der Waals surface area (Å²) in [5, 5.41) is 0. The van der Waals surface area contributed by atoms with Gasteiger partial charge in [0.2, 0.25) is 0 Å². The van der Waals surface area contributed by atoms with Crippen LogP contribution in [-0.4, -0.2) is 57.4 Å². The third-order valence-corrected chi connectivity index (χ3v) is 5.51. The summed E-state index contributed by atoms with van der Waals surface area (Å²) in [6.45, 7) is 1.07. The lowest BCUT2D eigenvalue weighted by molar-refractivity contribution is -0.146. The van der Waals surface area contributed by atoms with Gasteiger partial charge >= 0.3 is 0 Å². The fourth-order valence-electron chi connectivity index (χ4n) is 3.26. The van der Waals surface area contributed by atoms with Gasteiger partial charge in [-0.1, -0.05) is 6.07 Å². The van der Waals surface area contributed by atoms with E-state index >= 15 is 0 Å². The summed E-state index contributed by atoms with van der Waals surface area (Å²) < 4.78 is 34.3. The molecule has 0 N–H and O–H groups in total. The zero-order valence-corrected chi connectivity index (χ0v) is 13.9. The molecule has 1 saturated carbocycles. The van der Waals surface area contributed by atoms with Crippen LogP contribution >= 0.6 is 0 Å². The third-order valence-electron chi connectivity index (χ3n) is 4.40. The van der Waals surface area contributed by atoms with Crippen molar-refractivity contribution in [1.29, 1.82) is 0 Å². The summed E-state index contributed by atoms with van der Waals surface area (Å²) in [5.74, 6) is 0.312. The van der Waals surface area contributed by atoms with Crippen LogP contribution in [0.5, 0.6) is 5.75 Å². The number of carbonyl (C=O) groups excluding carboxylic acids is 1. The first kappa shape index (κ1) is 16.3. The van der Waals surface area contributed by atoms with Gasteiger partial charge in [0.1, 0.15) is 5.75 Å². The molecule has 1 aliphatic heterocycles. The molecule has 3 rings (SSSR count). The number of nitrogens with zero attached hydrogens (tertiary/aromatic N) is 1. The number of hydrogen-bond acceptors (Lipinski definition) is 5. The molecule has 1 aromatic rings. The van der Waals surface area contributed by atoms with E-state index in [4.69, 9.17) is 9.47 Å². The predicted octanol–water partition coefficient (Wildman–Crippen LogP) is 1.25. The van der Waals surface area contributed by atoms with Crippen molar-refractivity contribution in [2.45, 2.75) is 36.3 Å². The molecule has 0 bridgehead atoms. The summed E-state index contributed by atoms with van der Waals surface area (Å²) in [4.78, 5) is 14.5. The van der Waals surface area contributed by atoms with Crippen molar-refractivity contribution >= 4 is 15.7 Å². The number of benzene rings is 1. The predicted molar refractivity (Wildman–Crippen MR) is 84.1 cm³/mol. The van der Waals surface area contributed by atoms with E-state index in [-0.39, 0.29) is 29.6 Å².